The molecule has 1 heterocycles. The van der Waals surface area contributed by atoms with Crippen molar-refractivity contribution in [3.8, 4) is 5.69 Å². The van der Waals surface area contributed by atoms with Crippen LogP contribution in [0.1, 0.15) is 5.56 Å². The second-order valence-corrected chi connectivity index (χ2v) is 4.43. The van der Waals surface area contributed by atoms with Crippen LogP contribution < -0.4 is 11.1 Å². The van der Waals surface area contributed by atoms with Gasteiger partial charge in [0.2, 0.25) is 5.91 Å². The van der Waals surface area contributed by atoms with Crippen molar-refractivity contribution >= 4 is 5.91 Å². The summed E-state index contributed by atoms with van der Waals surface area (Å²) in [5, 5.41) is 12.9. The van der Waals surface area contributed by atoms with E-state index in [-0.39, 0.29) is 6.42 Å². The molecule has 3 N–H and O–H groups in total. The molecule has 1 aromatic heterocycles. The van der Waals surface area contributed by atoms with E-state index in [9.17, 15) is 13.6 Å². The fourth-order valence-electron chi connectivity index (χ4n) is 1.59. The minimum atomic E-state index is -3.08. The Balaban J connectivity index is 1.90. The van der Waals surface area contributed by atoms with Crippen LogP contribution in [0.25, 0.3) is 5.69 Å². The van der Waals surface area contributed by atoms with E-state index in [1.165, 1.54) is 11.0 Å². The number of nitrogens with two attached hydrogens (primary N) is 1. The molecule has 0 unspecified atom stereocenters. The second kappa shape index (κ2) is 6.35. The number of halogens is 2. The number of hydrogen-bond acceptors (Lipinski definition) is 5. The minimum Gasteiger partial charge on any atom is -0.350 e. The van der Waals surface area contributed by atoms with Crippen molar-refractivity contribution in [3.05, 3.63) is 36.2 Å². The molecule has 21 heavy (non-hydrogen) atoms. The summed E-state index contributed by atoms with van der Waals surface area (Å²) in [4.78, 5) is 11.6. The number of amides is 1. The molecule has 2 rings (SSSR count). The first kappa shape index (κ1) is 15.0. The quantitative estimate of drug-likeness (QED) is 0.776. The molecule has 9 heteroatoms. The van der Waals surface area contributed by atoms with Gasteiger partial charge < -0.3 is 11.1 Å². The van der Waals surface area contributed by atoms with Gasteiger partial charge in [-0.3, -0.25) is 4.79 Å². The molecule has 1 amide bonds. The Labute approximate surface area is 119 Å². The highest BCUT2D eigenvalue weighted by Crippen LogP contribution is 2.10. The lowest BCUT2D eigenvalue weighted by Gasteiger charge is -2.14. The summed E-state index contributed by atoms with van der Waals surface area (Å²) >= 11 is 0. The fourth-order valence-corrected chi connectivity index (χ4v) is 1.59. The highest BCUT2D eigenvalue weighted by atomic mass is 19.3. The van der Waals surface area contributed by atoms with Crippen LogP contribution in [0, 0.1) is 0 Å². The molecule has 0 aliphatic carbocycles. The third-order valence-corrected chi connectivity index (χ3v) is 2.76. The largest absolute Gasteiger partial charge is 0.350 e. The second-order valence-electron chi connectivity index (χ2n) is 4.43. The van der Waals surface area contributed by atoms with Gasteiger partial charge in [0.15, 0.2) is 0 Å². The van der Waals surface area contributed by atoms with Crippen molar-refractivity contribution in [2.45, 2.75) is 12.3 Å². The third kappa shape index (κ3) is 4.28. The molecule has 0 fully saturated rings. The molecular formula is C12H14F2N6O. The van der Waals surface area contributed by atoms with E-state index in [0.717, 1.165) is 5.69 Å². The summed E-state index contributed by atoms with van der Waals surface area (Å²) in [6.07, 6.45) is 1.45. The lowest BCUT2D eigenvalue weighted by atomic mass is 10.1. The zero-order valence-electron chi connectivity index (χ0n) is 11.0. The Morgan fingerprint density at radius 3 is 2.62 bits per heavy atom. The number of nitrogens with zero attached hydrogens (tertiary/aromatic N) is 4. The number of rotatable bonds is 6. The van der Waals surface area contributed by atoms with Crippen LogP contribution in [0.3, 0.4) is 0 Å². The summed E-state index contributed by atoms with van der Waals surface area (Å²) in [6, 6.07) is 6.87. The van der Waals surface area contributed by atoms with Gasteiger partial charge in [-0.2, -0.15) is 0 Å². The SMILES string of the molecule is NCC(F)(F)CNC(=O)Cc1ccc(-n2cnnn2)cc1. The highest BCUT2D eigenvalue weighted by molar-refractivity contribution is 5.78. The van der Waals surface area contributed by atoms with Gasteiger partial charge in [0.05, 0.1) is 25.2 Å². The Morgan fingerprint density at radius 2 is 2.05 bits per heavy atom. The van der Waals surface area contributed by atoms with Crippen molar-refractivity contribution in [1.29, 1.82) is 0 Å². The zero-order valence-corrected chi connectivity index (χ0v) is 11.0. The van der Waals surface area contributed by atoms with Crippen LogP contribution in [0.5, 0.6) is 0 Å². The first-order valence-corrected chi connectivity index (χ1v) is 6.17. The number of carbonyl (C=O) groups is 1. The normalized spacial score (nSPS) is 11.4. The molecule has 0 aliphatic heterocycles. The van der Waals surface area contributed by atoms with Gasteiger partial charge in [-0.1, -0.05) is 12.1 Å². The third-order valence-electron chi connectivity index (χ3n) is 2.76. The molecule has 0 bridgehead atoms. The van der Waals surface area contributed by atoms with Crippen molar-refractivity contribution in [2.24, 2.45) is 5.73 Å². The molecular weight excluding hydrogens is 282 g/mol. The van der Waals surface area contributed by atoms with Gasteiger partial charge in [-0.15, -0.1) is 5.10 Å². The van der Waals surface area contributed by atoms with Crippen LogP contribution in [0.15, 0.2) is 30.6 Å². The molecule has 0 saturated heterocycles. The van der Waals surface area contributed by atoms with Crippen molar-refractivity contribution < 1.29 is 13.6 Å². The smallest absolute Gasteiger partial charge is 0.277 e. The predicted octanol–water partition coefficient (Wildman–Crippen LogP) is -0.0850. The summed E-state index contributed by atoms with van der Waals surface area (Å²) < 4.78 is 27.3. The Kier molecular flexibility index (Phi) is 4.53. The van der Waals surface area contributed by atoms with Crippen molar-refractivity contribution in [3.63, 3.8) is 0 Å². The van der Waals surface area contributed by atoms with E-state index >= 15 is 0 Å². The average molecular weight is 296 g/mol. The van der Waals surface area contributed by atoms with Crippen LogP contribution in [-0.4, -0.2) is 45.1 Å². The summed E-state index contributed by atoms with van der Waals surface area (Å²) in [7, 11) is 0. The first-order valence-electron chi connectivity index (χ1n) is 6.17. The van der Waals surface area contributed by atoms with Crippen LogP contribution in [0.4, 0.5) is 8.78 Å². The molecule has 0 spiro atoms. The topological polar surface area (TPSA) is 98.7 Å². The number of benzene rings is 1. The number of nitrogens with one attached hydrogen (secondary N) is 1. The molecule has 0 saturated carbocycles. The monoisotopic (exact) mass is 296 g/mol. The maximum Gasteiger partial charge on any atom is 0.277 e. The van der Waals surface area contributed by atoms with Gasteiger partial charge in [0, 0.05) is 0 Å². The van der Waals surface area contributed by atoms with Gasteiger partial charge in [0.25, 0.3) is 5.92 Å². The zero-order chi connectivity index (χ0) is 15.3. The number of aromatic nitrogens is 4. The van der Waals surface area contributed by atoms with Crippen LogP contribution >= 0.6 is 0 Å². The summed E-state index contributed by atoms with van der Waals surface area (Å²) in [6.45, 7) is -1.56. The minimum absolute atomic E-state index is 0.0105. The van der Waals surface area contributed by atoms with E-state index in [1.54, 1.807) is 24.3 Å². The highest BCUT2D eigenvalue weighted by Gasteiger charge is 2.27. The summed E-state index contributed by atoms with van der Waals surface area (Å²) in [5.74, 6) is -3.57. The van der Waals surface area contributed by atoms with Crippen LogP contribution in [0.2, 0.25) is 0 Å². The number of alkyl halides is 2. The maximum atomic E-state index is 12.9. The maximum absolute atomic E-state index is 12.9. The van der Waals surface area contributed by atoms with Crippen molar-refractivity contribution in [2.75, 3.05) is 13.1 Å². The van der Waals surface area contributed by atoms with Gasteiger partial charge in [-0.05, 0) is 28.1 Å². The molecule has 0 atom stereocenters. The van der Waals surface area contributed by atoms with E-state index in [0.29, 0.717) is 5.56 Å². The standard InChI is InChI=1S/C12H14F2N6O/c13-12(14,6-15)7-16-11(21)5-9-1-3-10(4-2-9)20-8-17-18-19-20/h1-4,8H,5-7,15H2,(H,16,21). The Hall–Kier alpha value is -2.42. The molecule has 1 aromatic carbocycles. The van der Waals surface area contributed by atoms with E-state index in [1.807, 2.05) is 0 Å². The van der Waals surface area contributed by atoms with E-state index in [2.05, 4.69) is 20.8 Å². The number of tetrazole rings is 1. The van der Waals surface area contributed by atoms with Gasteiger partial charge in [-0.25, -0.2) is 13.5 Å². The van der Waals surface area contributed by atoms with Crippen molar-refractivity contribution in [1.82, 2.24) is 25.5 Å². The first-order chi connectivity index (χ1) is 10.00. The lowest BCUT2D eigenvalue weighted by molar-refractivity contribution is -0.122. The van der Waals surface area contributed by atoms with Gasteiger partial charge >= 0.3 is 0 Å². The van der Waals surface area contributed by atoms with E-state index < -0.39 is 24.9 Å². The Bertz CT molecular complexity index is 584. The van der Waals surface area contributed by atoms with Crippen LogP contribution in [-0.2, 0) is 11.2 Å². The Morgan fingerprint density at radius 1 is 1.33 bits per heavy atom. The number of hydrogen-bond donors (Lipinski definition) is 2. The fraction of sp³-hybridized carbons (Fsp3) is 0.333. The average Bonchev–Trinajstić information content (AvgIpc) is 3.00. The summed E-state index contributed by atoms with van der Waals surface area (Å²) in [5.41, 5.74) is 6.32. The van der Waals surface area contributed by atoms with E-state index in [4.69, 9.17) is 5.73 Å². The lowest BCUT2D eigenvalue weighted by Crippen LogP contribution is -2.42. The molecule has 0 aliphatic rings. The molecule has 112 valence electrons. The van der Waals surface area contributed by atoms with Gasteiger partial charge in [0.1, 0.15) is 6.33 Å². The number of carbonyl (C=O) groups excluding carboxylic acids is 1. The molecule has 2 aromatic rings. The molecule has 7 nitrogen and oxygen atoms in total. The predicted molar refractivity (Wildman–Crippen MR) is 69.9 cm³/mol. The molecule has 0 radical (unpaired) electrons.